The third-order valence-electron chi connectivity index (χ3n) is 4.74. The van der Waals surface area contributed by atoms with Gasteiger partial charge in [-0.05, 0) is 13.0 Å². The molecule has 1 atom stereocenters. The normalized spacial score (nSPS) is 16.0. The Morgan fingerprint density at radius 2 is 2.23 bits per heavy atom. The highest BCUT2D eigenvalue weighted by molar-refractivity contribution is 5.95. The average Bonchev–Trinajstić information content (AvgIpc) is 3.07. The molecule has 0 saturated carbocycles. The topological polar surface area (TPSA) is 91.1 Å². The van der Waals surface area contributed by atoms with Crippen LogP contribution in [0.3, 0.4) is 0 Å². The zero-order valence-corrected chi connectivity index (χ0v) is 17.0. The van der Waals surface area contributed by atoms with Crippen LogP contribution in [0.4, 0.5) is 10.2 Å². The molecular formula is C20H22FN5O4. The SMILES string of the molecule is CCOC(=O)c1cnn2cc3c(nc12)N(Cc1cc(F)cnc1OC)C[C@H](C)CO3. The highest BCUT2D eigenvalue weighted by Gasteiger charge is 2.26. The van der Waals surface area contributed by atoms with Crippen molar-refractivity contribution >= 4 is 17.4 Å². The van der Waals surface area contributed by atoms with Crippen molar-refractivity contribution in [3.8, 4) is 11.6 Å². The zero-order valence-electron chi connectivity index (χ0n) is 17.0. The van der Waals surface area contributed by atoms with E-state index in [1.807, 2.05) is 4.90 Å². The molecule has 0 spiro atoms. The average molecular weight is 415 g/mol. The number of carbonyl (C=O) groups excluding carboxylic acids is 1. The number of pyridine rings is 1. The monoisotopic (exact) mass is 415 g/mol. The van der Waals surface area contributed by atoms with Crippen LogP contribution >= 0.6 is 0 Å². The molecule has 0 N–H and O–H groups in total. The van der Waals surface area contributed by atoms with Gasteiger partial charge in [-0.25, -0.2) is 23.7 Å². The van der Waals surface area contributed by atoms with Gasteiger partial charge in [0.1, 0.15) is 11.4 Å². The van der Waals surface area contributed by atoms with Crippen LogP contribution in [0.1, 0.15) is 29.8 Å². The quantitative estimate of drug-likeness (QED) is 0.587. The maximum atomic E-state index is 13.8. The van der Waals surface area contributed by atoms with Crippen LogP contribution in [-0.4, -0.2) is 52.4 Å². The number of halogens is 1. The van der Waals surface area contributed by atoms with Crippen molar-refractivity contribution in [2.45, 2.75) is 20.4 Å². The smallest absolute Gasteiger partial charge is 0.343 e. The largest absolute Gasteiger partial charge is 0.488 e. The minimum Gasteiger partial charge on any atom is -0.488 e. The summed E-state index contributed by atoms with van der Waals surface area (Å²) >= 11 is 0. The van der Waals surface area contributed by atoms with Crippen molar-refractivity contribution in [3.63, 3.8) is 0 Å². The molecule has 9 nitrogen and oxygen atoms in total. The standard InChI is InChI=1S/C20H22FN5O4/c1-4-29-20(27)15-7-23-26-10-16-18(24-17(15)26)25(8-12(2)11-30-16)9-13-5-14(21)6-22-19(13)28-3/h5-7,10,12H,4,8-9,11H2,1-3H3/t12-/m0/s1. The molecule has 3 aromatic heterocycles. The Morgan fingerprint density at radius 1 is 1.40 bits per heavy atom. The number of esters is 1. The van der Waals surface area contributed by atoms with Crippen molar-refractivity contribution in [3.05, 3.63) is 41.6 Å². The molecule has 30 heavy (non-hydrogen) atoms. The molecule has 0 radical (unpaired) electrons. The Balaban J connectivity index is 1.79. The highest BCUT2D eigenvalue weighted by Crippen LogP contribution is 2.33. The lowest BCUT2D eigenvalue weighted by molar-refractivity contribution is 0.0528. The Hall–Kier alpha value is -3.43. The summed E-state index contributed by atoms with van der Waals surface area (Å²) in [6.45, 7) is 5.44. The van der Waals surface area contributed by atoms with Crippen molar-refractivity contribution < 1.29 is 23.4 Å². The van der Waals surface area contributed by atoms with Gasteiger partial charge in [-0.2, -0.15) is 5.10 Å². The van der Waals surface area contributed by atoms with Crippen LogP contribution in [0.15, 0.2) is 24.7 Å². The lowest BCUT2D eigenvalue weighted by atomic mass is 10.1. The van der Waals surface area contributed by atoms with E-state index in [1.54, 1.807) is 13.1 Å². The molecule has 0 unspecified atom stereocenters. The number of nitrogens with zero attached hydrogens (tertiary/aromatic N) is 5. The fourth-order valence-corrected chi connectivity index (χ4v) is 3.43. The van der Waals surface area contributed by atoms with Gasteiger partial charge < -0.3 is 19.1 Å². The third kappa shape index (κ3) is 3.72. The van der Waals surface area contributed by atoms with E-state index in [0.717, 1.165) is 6.20 Å². The predicted molar refractivity (Wildman–Crippen MR) is 105 cm³/mol. The van der Waals surface area contributed by atoms with Crippen LogP contribution in [0, 0.1) is 11.7 Å². The lowest BCUT2D eigenvalue weighted by Gasteiger charge is -2.25. The number of hydrogen-bond donors (Lipinski definition) is 0. The minimum absolute atomic E-state index is 0.184. The van der Waals surface area contributed by atoms with E-state index in [1.165, 1.54) is 23.9 Å². The van der Waals surface area contributed by atoms with Gasteiger partial charge in [-0.15, -0.1) is 0 Å². The predicted octanol–water partition coefficient (Wildman–Crippen LogP) is 2.48. The second-order valence-electron chi connectivity index (χ2n) is 7.09. The van der Waals surface area contributed by atoms with Crippen LogP contribution in [0.25, 0.3) is 5.65 Å². The number of aromatic nitrogens is 4. The first-order chi connectivity index (χ1) is 14.5. The first kappa shape index (κ1) is 19.9. The molecule has 0 fully saturated rings. The second-order valence-corrected chi connectivity index (χ2v) is 7.09. The maximum Gasteiger partial charge on any atom is 0.343 e. The van der Waals surface area contributed by atoms with E-state index in [9.17, 15) is 9.18 Å². The molecule has 1 aliphatic heterocycles. The first-order valence-electron chi connectivity index (χ1n) is 9.61. The van der Waals surface area contributed by atoms with Gasteiger partial charge in [0.15, 0.2) is 17.2 Å². The maximum absolute atomic E-state index is 13.8. The van der Waals surface area contributed by atoms with Gasteiger partial charge in [0, 0.05) is 24.6 Å². The van der Waals surface area contributed by atoms with Crippen molar-refractivity contribution in [1.82, 2.24) is 19.6 Å². The number of ether oxygens (including phenoxy) is 3. The number of carbonyl (C=O) groups is 1. The summed E-state index contributed by atoms with van der Waals surface area (Å²) in [5, 5.41) is 4.20. The van der Waals surface area contributed by atoms with Crippen molar-refractivity contribution in [1.29, 1.82) is 0 Å². The van der Waals surface area contributed by atoms with E-state index in [0.29, 0.717) is 48.4 Å². The molecule has 158 valence electrons. The van der Waals surface area contributed by atoms with Gasteiger partial charge in [0.05, 0.1) is 38.9 Å². The zero-order chi connectivity index (χ0) is 21.3. The lowest BCUT2D eigenvalue weighted by Crippen LogP contribution is -2.29. The van der Waals surface area contributed by atoms with Crippen LogP contribution < -0.4 is 14.4 Å². The molecule has 10 heteroatoms. The van der Waals surface area contributed by atoms with Crippen molar-refractivity contribution in [2.75, 3.05) is 31.8 Å². The number of methoxy groups -OCH3 is 1. The second kappa shape index (κ2) is 8.13. The molecule has 0 amide bonds. The molecule has 0 saturated heterocycles. The Labute approximate surface area is 172 Å². The highest BCUT2D eigenvalue weighted by atomic mass is 19.1. The van der Waals surface area contributed by atoms with E-state index in [-0.39, 0.29) is 18.1 Å². The number of anilines is 1. The van der Waals surface area contributed by atoms with Crippen LogP contribution in [0.5, 0.6) is 11.6 Å². The van der Waals surface area contributed by atoms with E-state index >= 15 is 0 Å². The summed E-state index contributed by atoms with van der Waals surface area (Å²) in [5.41, 5.74) is 1.21. The van der Waals surface area contributed by atoms with Gasteiger partial charge in [0.25, 0.3) is 0 Å². The van der Waals surface area contributed by atoms with E-state index < -0.39 is 11.8 Å². The van der Waals surface area contributed by atoms with E-state index in [4.69, 9.17) is 14.2 Å². The summed E-state index contributed by atoms with van der Waals surface area (Å²) in [7, 11) is 1.49. The number of rotatable bonds is 5. The molecule has 4 rings (SSSR count). The molecule has 0 aromatic carbocycles. The van der Waals surface area contributed by atoms with Gasteiger partial charge in [-0.3, -0.25) is 0 Å². The summed E-state index contributed by atoms with van der Waals surface area (Å²) in [4.78, 5) is 22.9. The Kier molecular flexibility index (Phi) is 5.39. The summed E-state index contributed by atoms with van der Waals surface area (Å²) in [6.07, 6.45) is 4.22. The van der Waals surface area contributed by atoms with Gasteiger partial charge in [-0.1, -0.05) is 6.92 Å². The summed E-state index contributed by atoms with van der Waals surface area (Å²) < 4.78 is 31.6. The first-order valence-corrected chi connectivity index (χ1v) is 9.61. The van der Waals surface area contributed by atoms with Gasteiger partial charge >= 0.3 is 5.97 Å². The molecule has 3 aromatic rings. The molecule has 0 bridgehead atoms. The number of fused-ring (bicyclic) bond motifs is 2. The minimum atomic E-state index is -0.495. The fourth-order valence-electron chi connectivity index (χ4n) is 3.43. The van der Waals surface area contributed by atoms with Gasteiger partial charge in [0.2, 0.25) is 5.88 Å². The van der Waals surface area contributed by atoms with Crippen LogP contribution in [-0.2, 0) is 11.3 Å². The Bertz CT molecular complexity index is 1090. The molecule has 4 heterocycles. The fraction of sp³-hybridized carbons (Fsp3) is 0.400. The molecule has 1 aliphatic rings. The number of hydrogen-bond acceptors (Lipinski definition) is 8. The van der Waals surface area contributed by atoms with Crippen molar-refractivity contribution in [2.24, 2.45) is 5.92 Å². The van der Waals surface area contributed by atoms with E-state index in [2.05, 4.69) is 22.0 Å². The molecular weight excluding hydrogens is 393 g/mol. The summed E-state index contributed by atoms with van der Waals surface area (Å²) in [5.74, 6) is 0.634. The third-order valence-corrected chi connectivity index (χ3v) is 4.74. The van der Waals surface area contributed by atoms with Crippen LogP contribution in [0.2, 0.25) is 0 Å². The summed E-state index contributed by atoms with van der Waals surface area (Å²) in [6, 6.07) is 1.39. The molecule has 0 aliphatic carbocycles. The Morgan fingerprint density at radius 3 is 3.00 bits per heavy atom.